The van der Waals surface area contributed by atoms with E-state index in [0.717, 1.165) is 18.4 Å². The summed E-state index contributed by atoms with van der Waals surface area (Å²) in [6.07, 6.45) is 1.88. The SMILES string of the molecule is Cc1cc(S(=O)(=O)NC(C)C2CC(C)NC(C)C2)ccc1NC(=O)c1ccccc1C. The molecule has 1 aliphatic heterocycles. The van der Waals surface area contributed by atoms with Crippen LogP contribution >= 0.6 is 0 Å². The Morgan fingerprint density at radius 3 is 2.29 bits per heavy atom. The fourth-order valence-electron chi connectivity index (χ4n) is 4.40. The third-order valence-corrected chi connectivity index (χ3v) is 7.63. The third kappa shape index (κ3) is 5.73. The molecule has 1 amide bonds. The fourth-order valence-corrected chi connectivity index (χ4v) is 5.80. The Bertz CT molecular complexity index is 1040. The minimum absolute atomic E-state index is 0.155. The summed E-state index contributed by atoms with van der Waals surface area (Å²) in [6, 6.07) is 12.8. The Labute approximate surface area is 185 Å². The quantitative estimate of drug-likeness (QED) is 0.630. The fraction of sp³-hybridized carbons (Fsp3) is 0.458. The number of benzene rings is 2. The van der Waals surface area contributed by atoms with Crippen LogP contribution in [0.3, 0.4) is 0 Å². The van der Waals surface area contributed by atoms with Gasteiger partial charge < -0.3 is 10.6 Å². The highest BCUT2D eigenvalue weighted by Crippen LogP contribution is 2.26. The molecular formula is C24H33N3O3S. The van der Waals surface area contributed by atoms with Gasteiger partial charge in [0.2, 0.25) is 10.0 Å². The molecule has 1 fully saturated rings. The number of carbonyl (C=O) groups is 1. The van der Waals surface area contributed by atoms with Gasteiger partial charge in [-0.25, -0.2) is 13.1 Å². The van der Waals surface area contributed by atoms with Crippen LogP contribution in [0.4, 0.5) is 5.69 Å². The summed E-state index contributed by atoms with van der Waals surface area (Å²) in [6.45, 7) is 9.89. The number of hydrogen-bond donors (Lipinski definition) is 3. The average Bonchev–Trinajstić information content (AvgIpc) is 2.68. The predicted molar refractivity (Wildman–Crippen MR) is 125 cm³/mol. The molecule has 1 heterocycles. The molecule has 0 bridgehead atoms. The predicted octanol–water partition coefficient (Wildman–Crippen LogP) is 4.00. The molecule has 0 spiro atoms. The zero-order valence-corrected chi connectivity index (χ0v) is 19.7. The molecular weight excluding hydrogens is 410 g/mol. The first-order valence-electron chi connectivity index (χ1n) is 10.8. The summed E-state index contributed by atoms with van der Waals surface area (Å²) in [5.41, 5.74) is 2.78. The maximum absolute atomic E-state index is 13.0. The number of rotatable bonds is 6. The van der Waals surface area contributed by atoms with Crippen molar-refractivity contribution in [3.8, 4) is 0 Å². The van der Waals surface area contributed by atoms with Crippen LogP contribution in [0.2, 0.25) is 0 Å². The molecule has 3 atom stereocenters. The summed E-state index contributed by atoms with van der Waals surface area (Å²) < 4.78 is 28.8. The average molecular weight is 444 g/mol. The number of anilines is 1. The highest BCUT2D eigenvalue weighted by Gasteiger charge is 2.30. The van der Waals surface area contributed by atoms with Crippen molar-refractivity contribution in [1.82, 2.24) is 10.0 Å². The van der Waals surface area contributed by atoms with Gasteiger partial charge in [0, 0.05) is 29.4 Å². The van der Waals surface area contributed by atoms with E-state index in [1.165, 1.54) is 0 Å². The summed E-state index contributed by atoms with van der Waals surface area (Å²) in [5.74, 6) is 0.0764. The maximum atomic E-state index is 13.0. The molecule has 7 heteroatoms. The van der Waals surface area contributed by atoms with Gasteiger partial charge in [-0.15, -0.1) is 0 Å². The molecule has 0 aromatic heterocycles. The number of aryl methyl sites for hydroxylation is 2. The lowest BCUT2D eigenvalue weighted by molar-refractivity contribution is 0.102. The van der Waals surface area contributed by atoms with Crippen molar-refractivity contribution >= 4 is 21.6 Å². The molecule has 1 saturated heterocycles. The van der Waals surface area contributed by atoms with Gasteiger partial charge in [0.25, 0.3) is 5.91 Å². The largest absolute Gasteiger partial charge is 0.322 e. The van der Waals surface area contributed by atoms with Gasteiger partial charge in [0.1, 0.15) is 0 Å². The first kappa shape index (κ1) is 23.4. The van der Waals surface area contributed by atoms with E-state index in [4.69, 9.17) is 0 Å². The van der Waals surface area contributed by atoms with Gasteiger partial charge in [-0.05, 0) is 88.8 Å². The molecule has 168 valence electrons. The lowest BCUT2D eigenvalue weighted by Crippen LogP contribution is -2.48. The van der Waals surface area contributed by atoms with Crippen molar-refractivity contribution in [1.29, 1.82) is 0 Å². The molecule has 31 heavy (non-hydrogen) atoms. The minimum atomic E-state index is -3.65. The van der Waals surface area contributed by atoms with E-state index in [-0.39, 0.29) is 22.8 Å². The van der Waals surface area contributed by atoms with E-state index in [1.807, 2.05) is 32.0 Å². The van der Waals surface area contributed by atoms with Gasteiger partial charge in [-0.2, -0.15) is 0 Å². The number of sulfonamides is 1. The summed E-state index contributed by atoms with van der Waals surface area (Å²) in [5, 5.41) is 6.38. The Morgan fingerprint density at radius 2 is 1.68 bits per heavy atom. The van der Waals surface area contributed by atoms with E-state index >= 15 is 0 Å². The molecule has 3 N–H and O–H groups in total. The molecule has 6 nitrogen and oxygen atoms in total. The van der Waals surface area contributed by atoms with Gasteiger partial charge in [-0.1, -0.05) is 18.2 Å². The smallest absolute Gasteiger partial charge is 0.255 e. The second kappa shape index (κ2) is 9.51. The van der Waals surface area contributed by atoms with E-state index in [0.29, 0.717) is 28.9 Å². The number of nitrogens with one attached hydrogen (secondary N) is 3. The molecule has 3 unspecified atom stereocenters. The Hall–Kier alpha value is -2.22. The second-order valence-electron chi connectivity index (χ2n) is 8.86. The topological polar surface area (TPSA) is 87.3 Å². The van der Waals surface area contributed by atoms with Crippen LogP contribution in [0.1, 0.15) is 55.1 Å². The monoisotopic (exact) mass is 443 g/mol. The van der Waals surface area contributed by atoms with Crippen molar-refractivity contribution in [2.45, 2.75) is 70.5 Å². The van der Waals surface area contributed by atoms with Crippen molar-refractivity contribution in [3.05, 3.63) is 59.2 Å². The van der Waals surface area contributed by atoms with Crippen LogP contribution in [-0.4, -0.2) is 32.5 Å². The van der Waals surface area contributed by atoms with Gasteiger partial charge >= 0.3 is 0 Å². The molecule has 3 rings (SSSR count). The molecule has 0 saturated carbocycles. The first-order valence-corrected chi connectivity index (χ1v) is 12.3. The first-order chi connectivity index (χ1) is 14.6. The van der Waals surface area contributed by atoms with Crippen LogP contribution in [0.25, 0.3) is 0 Å². The third-order valence-electron chi connectivity index (χ3n) is 6.08. The molecule has 1 aliphatic rings. The molecule has 2 aromatic rings. The van der Waals surface area contributed by atoms with E-state index < -0.39 is 10.0 Å². The number of carbonyl (C=O) groups excluding carboxylic acids is 1. The van der Waals surface area contributed by atoms with Crippen molar-refractivity contribution in [2.75, 3.05) is 5.32 Å². The normalized spacial score (nSPS) is 22.7. The summed E-state index contributed by atoms with van der Waals surface area (Å²) >= 11 is 0. The van der Waals surface area contributed by atoms with E-state index in [2.05, 4.69) is 29.2 Å². The minimum Gasteiger partial charge on any atom is -0.322 e. The van der Waals surface area contributed by atoms with Gasteiger partial charge in [0.05, 0.1) is 4.90 Å². The van der Waals surface area contributed by atoms with Crippen LogP contribution in [0.15, 0.2) is 47.4 Å². The zero-order valence-electron chi connectivity index (χ0n) is 18.9. The number of hydrogen-bond acceptors (Lipinski definition) is 4. The number of piperidine rings is 1. The van der Waals surface area contributed by atoms with Crippen LogP contribution in [0.5, 0.6) is 0 Å². The van der Waals surface area contributed by atoms with Gasteiger partial charge in [0.15, 0.2) is 0 Å². The molecule has 0 radical (unpaired) electrons. The standard InChI is InChI=1S/C24H33N3O3S/c1-15-8-6-7-9-22(15)24(28)26-23-11-10-21(12-16(23)2)31(29,30)27-19(5)20-13-17(3)25-18(4)14-20/h6-12,17-20,25,27H,13-14H2,1-5H3,(H,26,28). The second-order valence-corrected chi connectivity index (χ2v) is 10.6. The lowest BCUT2D eigenvalue weighted by Gasteiger charge is -2.36. The Morgan fingerprint density at radius 1 is 1.03 bits per heavy atom. The Balaban J connectivity index is 1.72. The zero-order chi connectivity index (χ0) is 22.8. The maximum Gasteiger partial charge on any atom is 0.255 e. The van der Waals surface area contributed by atoms with Crippen molar-refractivity contribution < 1.29 is 13.2 Å². The van der Waals surface area contributed by atoms with Crippen LogP contribution in [0, 0.1) is 19.8 Å². The van der Waals surface area contributed by atoms with Gasteiger partial charge in [-0.3, -0.25) is 4.79 Å². The van der Waals surface area contributed by atoms with Crippen molar-refractivity contribution in [2.24, 2.45) is 5.92 Å². The highest BCUT2D eigenvalue weighted by molar-refractivity contribution is 7.89. The lowest BCUT2D eigenvalue weighted by atomic mass is 9.85. The van der Waals surface area contributed by atoms with Crippen LogP contribution in [-0.2, 0) is 10.0 Å². The van der Waals surface area contributed by atoms with E-state index in [9.17, 15) is 13.2 Å². The Kier molecular flexibility index (Phi) is 7.19. The number of amides is 1. The summed E-state index contributed by atoms with van der Waals surface area (Å²) in [4.78, 5) is 12.8. The van der Waals surface area contributed by atoms with Crippen LogP contribution < -0.4 is 15.4 Å². The van der Waals surface area contributed by atoms with Crippen molar-refractivity contribution in [3.63, 3.8) is 0 Å². The molecule has 2 aromatic carbocycles. The molecule has 0 aliphatic carbocycles. The summed E-state index contributed by atoms with van der Waals surface area (Å²) in [7, 11) is -3.65. The van der Waals surface area contributed by atoms with E-state index in [1.54, 1.807) is 31.2 Å². The highest BCUT2D eigenvalue weighted by atomic mass is 32.2.